The van der Waals surface area contributed by atoms with Crippen LogP contribution in [0.4, 0.5) is 0 Å². The lowest BCUT2D eigenvalue weighted by Gasteiger charge is -2.18. The highest BCUT2D eigenvalue weighted by atomic mass is 35.5. The van der Waals surface area contributed by atoms with E-state index in [9.17, 15) is 0 Å². The molecule has 5 heteroatoms. The van der Waals surface area contributed by atoms with Gasteiger partial charge in [0, 0.05) is 14.2 Å². The molecule has 0 spiro atoms. The number of rotatable bonds is 5. The number of hydrogen-bond acceptors (Lipinski definition) is 4. The van der Waals surface area contributed by atoms with Gasteiger partial charge >= 0.3 is 0 Å². The molecule has 0 aromatic carbocycles. The van der Waals surface area contributed by atoms with Crippen LogP contribution < -0.4 is 0 Å². The fourth-order valence-electron chi connectivity index (χ4n) is 1.51. The quantitative estimate of drug-likeness (QED) is 0.747. The number of halogens is 1. The molecule has 0 aliphatic rings. The van der Waals surface area contributed by atoms with Crippen LogP contribution in [0.1, 0.15) is 31.5 Å². The number of methoxy groups -OCH3 is 2. The molecule has 1 aromatic rings. The van der Waals surface area contributed by atoms with Crippen molar-refractivity contribution in [2.45, 2.75) is 26.6 Å². The largest absolute Gasteiger partial charge is 0.378 e. The molecular formula is C11H17ClN2O2. The molecule has 1 rings (SSSR count). The van der Waals surface area contributed by atoms with E-state index in [0.29, 0.717) is 23.5 Å². The van der Waals surface area contributed by atoms with E-state index in [1.807, 2.05) is 0 Å². The first-order valence-electron chi connectivity index (χ1n) is 5.13. The molecule has 0 fully saturated rings. The third kappa shape index (κ3) is 3.40. The van der Waals surface area contributed by atoms with Crippen LogP contribution in [0.2, 0.25) is 5.15 Å². The summed E-state index contributed by atoms with van der Waals surface area (Å²) >= 11 is 5.93. The first-order valence-corrected chi connectivity index (χ1v) is 5.51. The molecule has 1 atom stereocenters. The van der Waals surface area contributed by atoms with Crippen molar-refractivity contribution in [3.05, 3.63) is 22.7 Å². The molecule has 0 bridgehead atoms. The van der Waals surface area contributed by atoms with Crippen LogP contribution in [0.15, 0.2) is 6.07 Å². The fourth-order valence-corrected chi connectivity index (χ4v) is 1.72. The predicted molar refractivity (Wildman–Crippen MR) is 62.3 cm³/mol. The molecule has 1 heterocycles. The minimum absolute atomic E-state index is 0.144. The van der Waals surface area contributed by atoms with Crippen molar-refractivity contribution < 1.29 is 9.47 Å². The van der Waals surface area contributed by atoms with E-state index in [1.165, 1.54) is 0 Å². The van der Waals surface area contributed by atoms with E-state index in [-0.39, 0.29) is 6.10 Å². The molecule has 0 N–H and O–H groups in total. The van der Waals surface area contributed by atoms with Crippen molar-refractivity contribution >= 4 is 11.6 Å². The fraction of sp³-hybridized carbons (Fsp3) is 0.636. The summed E-state index contributed by atoms with van der Waals surface area (Å²) < 4.78 is 10.4. The lowest BCUT2D eigenvalue weighted by Crippen LogP contribution is -2.14. The Morgan fingerprint density at radius 3 is 2.50 bits per heavy atom. The standard InChI is InChI=1S/C11H17ClN2O2/c1-7(2)10(16-4)11-13-8(6-15-3)5-9(12)14-11/h5,7,10H,6H2,1-4H3. The first-order chi connectivity index (χ1) is 7.58. The van der Waals surface area contributed by atoms with Gasteiger partial charge < -0.3 is 9.47 Å². The van der Waals surface area contributed by atoms with Crippen molar-refractivity contribution in [1.82, 2.24) is 9.97 Å². The van der Waals surface area contributed by atoms with Crippen molar-refractivity contribution in [3.8, 4) is 0 Å². The zero-order chi connectivity index (χ0) is 12.1. The van der Waals surface area contributed by atoms with Crippen molar-refractivity contribution in [2.24, 2.45) is 5.92 Å². The Balaban J connectivity index is 3.02. The molecule has 0 aliphatic carbocycles. The Bertz CT molecular complexity index is 345. The summed E-state index contributed by atoms with van der Waals surface area (Å²) in [6.07, 6.45) is -0.144. The highest BCUT2D eigenvalue weighted by molar-refractivity contribution is 6.29. The van der Waals surface area contributed by atoms with Crippen LogP contribution in [-0.2, 0) is 16.1 Å². The summed E-state index contributed by atoms with van der Waals surface area (Å²) in [5, 5.41) is 0.416. The maximum atomic E-state index is 5.93. The van der Waals surface area contributed by atoms with Crippen LogP contribution in [0.25, 0.3) is 0 Å². The summed E-state index contributed by atoms with van der Waals surface area (Å²) in [5.41, 5.74) is 0.764. The van der Waals surface area contributed by atoms with E-state index in [4.69, 9.17) is 21.1 Å². The van der Waals surface area contributed by atoms with Crippen molar-refractivity contribution in [1.29, 1.82) is 0 Å². The summed E-state index contributed by atoms with van der Waals surface area (Å²) in [4.78, 5) is 8.55. The molecule has 0 saturated carbocycles. The number of aromatic nitrogens is 2. The second-order valence-corrected chi connectivity index (χ2v) is 4.26. The molecule has 0 saturated heterocycles. The predicted octanol–water partition coefficient (Wildman–Crippen LogP) is 2.62. The average Bonchev–Trinajstić information content (AvgIpc) is 2.17. The lowest BCUT2D eigenvalue weighted by molar-refractivity contribution is 0.0568. The van der Waals surface area contributed by atoms with Crippen LogP contribution >= 0.6 is 11.6 Å². The molecule has 4 nitrogen and oxygen atoms in total. The van der Waals surface area contributed by atoms with Gasteiger partial charge in [-0.1, -0.05) is 25.4 Å². The number of hydrogen-bond donors (Lipinski definition) is 0. The van der Waals surface area contributed by atoms with Gasteiger partial charge in [-0.15, -0.1) is 0 Å². The van der Waals surface area contributed by atoms with E-state index < -0.39 is 0 Å². The highest BCUT2D eigenvalue weighted by Crippen LogP contribution is 2.23. The summed E-state index contributed by atoms with van der Waals surface area (Å²) in [6, 6.07) is 1.70. The molecule has 1 aromatic heterocycles. The van der Waals surface area contributed by atoms with Crippen molar-refractivity contribution in [3.63, 3.8) is 0 Å². The molecule has 16 heavy (non-hydrogen) atoms. The van der Waals surface area contributed by atoms with Gasteiger partial charge in [0.25, 0.3) is 0 Å². The molecular weight excluding hydrogens is 228 g/mol. The second kappa shape index (κ2) is 6.13. The number of ether oxygens (including phenoxy) is 2. The Morgan fingerprint density at radius 2 is 2.00 bits per heavy atom. The van der Waals surface area contributed by atoms with Gasteiger partial charge in [-0.25, -0.2) is 9.97 Å². The van der Waals surface area contributed by atoms with E-state index >= 15 is 0 Å². The molecule has 1 unspecified atom stereocenters. The van der Waals surface area contributed by atoms with Crippen LogP contribution in [-0.4, -0.2) is 24.2 Å². The summed E-state index contributed by atoms with van der Waals surface area (Å²) in [6.45, 7) is 4.52. The third-order valence-corrected chi connectivity index (χ3v) is 2.36. The Morgan fingerprint density at radius 1 is 1.31 bits per heavy atom. The van der Waals surface area contributed by atoms with E-state index in [0.717, 1.165) is 5.69 Å². The van der Waals surface area contributed by atoms with Crippen LogP contribution in [0, 0.1) is 5.92 Å². The zero-order valence-corrected chi connectivity index (χ0v) is 10.8. The normalized spacial score (nSPS) is 13.1. The monoisotopic (exact) mass is 244 g/mol. The van der Waals surface area contributed by atoms with Gasteiger partial charge in [0.1, 0.15) is 11.3 Å². The summed E-state index contributed by atoms with van der Waals surface area (Å²) in [7, 11) is 3.26. The van der Waals surface area contributed by atoms with Gasteiger partial charge in [0.2, 0.25) is 0 Å². The summed E-state index contributed by atoms with van der Waals surface area (Å²) in [5.74, 6) is 0.899. The molecule has 0 aliphatic heterocycles. The smallest absolute Gasteiger partial charge is 0.159 e. The Hall–Kier alpha value is -0.710. The second-order valence-electron chi connectivity index (χ2n) is 3.87. The van der Waals surface area contributed by atoms with E-state index in [2.05, 4.69) is 23.8 Å². The number of nitrogens with zero attached hydrogens (tertiary/aromatic N) is 2. The molecule has 0 radical (unpaired) electrons. The average molecular weight is 245 g/mol. The van der Waals surface area contributed by atoms with Gasteiger partial charge in [0.05, 0.1) is 12.3 Å². The minimum Gasteiger partial charge on any atom is -0.378 e. The Kier molecular flexibility index (Phi) is 5.12. The van der Waals surface area contributed by atoms with Crippen molar-refractivity contribution in [2.75, 3.05) is 14.2 Å². The van der Waals surface area contributed by atoms with Crippen LogP contribution in [0.3, 0.4) is 0 Å². The molecule has 0 amide bonds. The Labute approximate surface area is 101 Å². The van der Waals surface area contributed by atoms with Gasteiger partial charge in [-0.3, -0.25) is 0 Å². The zero-order valence-electron chi connectivity index (χ0n) is 10.0. The van der Waals surface area contributed by atoms with Gasteiger partial charge in [-0.05, 0) is 12.0 Å². The maximum Gasteiger partial charge on any atom is 0.159 e. The first kappa shape index (κ1) is 13.4. The van der Waals surface area contributed by atoms with Gasteiger partial charge in [0.15, 0.2) is 5.82 Å². The SMILES string of the molecule is COCc1cc(Cl)nc(C(OC)C(C)C)n1. The highest BCUT2D eigenvalue weighted by Gasteiger charge is 2.19. The minimum atomic E-state index is -0.144. The third-order valence-electron chi connectivity index (χ3n) is 2.17. The molecule has 90 valence electrons. The topological polar surface area (TPSA) is 44.2 Å². The lowest BCUT2D eigenvalue weighted by atomic mass is 10.1. The van der Waals surface area contributed by atoms with Gasteiger partial charge in [-0.2, -0.15) is 0 Å². The van der Waals surface area contributed by atoms with E-state index in [1.54, 1.807) is 20.3 Å². The maximum absolute atomic E-state index is 5.93. The van der Waals surface area contributed by atoms with Crippen LogP contribution in [0.5, 0.6) is 0 Å².